The molecule has 2 N–H and O–H groups in total. The summed E-state index contributed by atoms with van der Waals surface area (Å²) in [6.07, 6.45) is 9.36. The lowest BCUT2D eigenvalue weighted by atomic mass is 10.2. The number of carbonyl (C=O) groups excluding carboxylic acids is 3. The van der Waals surface area contributed by atoms with Crippen LogP contribution in [0.1, 0.15) is 85.0 Å². The first-order valence-electron chi connectivity index (χ1n) is 19.7. The highest BCUT2D eigenvalue weighted by Crippen LogP contribution is 2.18. The predicted molar refractivity (Wildman–Crippen MR) is 211 cm³/mol. The largest absolute Gasteiger partial charge is 0.494 e. The molecule has 2 aliphatic rings. The van der Waals surface area contributed by atoms with E-state index in [0.29, 0.717) is 12.8 Å². The first-order chi connectivity index (χ1) is 25.2. The van der Waals surface area contributed by atoms with E-state index in [1.54, 1.807) is 6.92 Å². The zero-order chi connectivity index (χ0) is 37.4. The first kappa shape index (κ1) is 42.7. The number of unbranched alkanes of at least 4 members (excludes halogenated alkanes) is 4. The maximum absolute atomic E-state index is 12.1. The highest BCUT2D eigenvalue weighted by atomic mass is 16.5. The van der Waals surface area contributed by atoms with E-state index < -0.39 is 0 Å². The Kier molecular flexibility index (Phi) is 20.8. The molecule has 11 heteroatoms. The van der Waals surface area contributed by atoms with E-state index in [2.05, 4.69) is 46.2 Å². The van der Waals surface area contributed by atoms with Crippen LogP contribution in [-0.4, -0.2) is 123 Å². The second-order valence-corrected chi connectivity index (χ2v) is 14.0. The van der Waals surface area contributed by atoms with Crippen LogP contribution in [0, 0.1) is 0 Å². The van der Waals surface area contributed by atoms with E-state index in [9.17, 15) is 14.4 Å². The van der Waals surface area contributed by atoms with Gasteiger partial charge in [-0.15, -0.1) is 0 Å². The monoisotopic (exact) mass is 723 g/mol. The number of likely N-dealkylation sites (N-methyl/N-ethyl adjacent to an activating group) is 1. The Morgan fingerprint density at radius 3 is 1.37 bits per heavy atom. The zero-order valence-corrected chi connectivity index (χ0v) is 32.5. The highest BCUT2D eigenvalue weighted by molar-refractivity contribution is 5.91. The molecule has 4 rings (SSSR count). The number of carbonyl (C=O) groups is 3. The second-order valence-electron chi connectivity index (χ2n) is 14.0. The molecule has 3 amide bonds. The van der Waals surface area contributed by atoms with Gasteiger partial charge in [-0.1, -0.05) is 26.7 Å². The van der Waals surface area contributed by atoms with Crippen LogP contribution >= 0.6 is 0 Å². The topological polar surface area (TPSA) is 107 Å². The summed E-state index contributed by atoms with van der Waals surface area (Å²) in [6, 6.07) is 15.2. The number of nitrogens with one attached hydrogen (secondary N) is 2. The second kappa shape index (κ2) is 25.3. The minimum atomic E-state index is 0.0519. The predicted octanol–water partition coefficient (Wildman–Crippen LogP) is 6.36. The minimum Gasteiger partial charge on any atom is -0.494 e. The quantitative estimate of drug-likeness (QED) is 0.152. The molecule has 2 aromatic carbocycles. The van der Waals surface area contributed by atoms with Crippen LogP contribution in [0.3, 0.4) is 0 Å². The van der Waals surface area contributed by atoms with E-state index in [4.69, 9.17) is 9.47 Å². The van der Waals surface area contributed by atoms with Gasteiger partial charge in [0, 0.05) is 83.5 Å². The van der Waals surface area contributed by atoms with Crippen molar-refractivity contribution in [3.63, 3.8) is 0 Å². The standard InChI is InChI=1S/C21H33N3O3.C20H33N3O2/c1-3-4-17-27-20-10-8-19(9-11-20)22-21(26)7-5-6-12-23-13-15-24(16-14-23)18(2)25;1-3-4-17-25-19-10-8-18(9-11-19)21-20(24)7-5-6-12-23-15-13-22(2)14-16-23/h8-11H,3-7,12-17H2,1-2H3,(H,22,26);8-11H,3-7,12-17H2,1-2H3,(H,21,24). The fourth-order valence-corrected chi connectivity index (χ4v) is 5.98. The van der Waals surface area contributed by atoms with Gasteiger partial charge in [0.1, 0.15) is 11.5 Å². The van der Waals surface area contributed by atoms with Crippen molar-refractivity contribution in [2.75, 3.05) is 96.3 Å². The fourth-order valence-electron chi connectivity index (χ4n) is 5.98. The van der Waals surface area contributed by atoms with Crippen LogP contribution in [0.15, 0.2) is 48.5 Å². The Labute approximate surface area is 313 Å². The lowest BCUT2D eigenvalue weighted by Crippen LogP contribution is -2.48. The maximum atomic E-state index is 12.1. The molecule has 0 aromatic heterocycles. The zero-order valence-electron chi connectivity index (χ0n) is 32.5. The van der Waals surface area contributed by atoms with E-state index in [1.807, 2.05) is 53.4 Å². The summed E-state index contributed by atoms with van der Waals surface area (Å²) in [5.41, 5.74) is 1.65. The van der Waals surface area contributed by atoms with Crippen LogP contribution < -0.4 is 20.1 Å². The summed E-state index contributed by atoms with van der Waals surface area (Å²) in [7, 11) is 2.17. The summed E-state index contributed by atoms with van der Waals surface area (Å²) in [6.45, 7) is 17.6. The number of piperazine rings is 2. The molecule has 2 aromatic rings. The van der Waals surface area contributed by atoms with Gasteiger partial charge in [-0.2, -0.15) is 0 Å². The van der Waals surface area contributed by atoms with Crippen molar-refractivity contribution in [2.45, 2.75) is 85.0 Å². The Hall–Kier alpha value is -3.67. The third kappa shape index (κ3) is 18.2. The van der Waals surface area contributed by atoms with Crippen LogP contribution in [0.5, 0.6) is 11.5 Å². The smallest absolute Gasteiger partial charge is 0.224 e. The number of rotatable bonds is 20. The summed E-state index contributed by atoms with van der Waals surface area (Å²) >= 11 is 0. The number of hydrogen-bond donors (Lipinski definition) is 2. The molecule has 52 heavy (non-hydrogen) atoms. The van der Waals surface area contributed by atoms with Gasteiger partial charge < -0.3 is 34.8 Å². The molecule has 2 saturated heterocycles. The molecule has 0 spiro atoms. The molecule has 2 heterocycles. The molecule has 0 atom stereocenters. The normalized spacial score (nSPS) is 15.3. The minimum absolute atomic E-state index is 0.0519. The molecule has 290 valence electrons. The Morgan fingerprint density at radius 2 is 0.981 bits per heavy atom. The molecule has 0 saturated carbocycles. The van der Waals surface area contributed by atoms with Gasteiger partial charge >= 0.3 is 0 Å². The van der Waals surface area contributed by atoms with Crippen LogP contribution in [0.2, 0.25) is 0 Å². The van der Waals surface area contributed by atoms with Gasteiger partial charge in [0.05, 0.1) is 13.2 Å². The van der Waals surface area contributed by atoms with Crippen LogP contribution in [0.25, 0.3) is 0 Å². The maximum Gasteiger partial charge on any atom is 0.224 e. The van der Waals surface area contributed by atoms with Gasteiger partial charge in [-0.25, -0.2) is 0 Å². The molecular weight excluding hydrogens is 656 g/mol. The number of amides is 3. The van der Waals surface area contributed by atoms with Crippen molar-refractivity contribution in [1.29, 1.82) is 0 Å². The Balaban J connectivity index is 0.000000281. The van der Waals surface area contributed by atoms with Crippen molar-refractivity contribution in [3.8, 4) is 11.5 Å². The van der Waals surface area contributed by atoms with E-state index >= 15 is 0 Å². The summed E-state index contributed by atoms with van der Waals surface area (Å²) < 4.78 is 11.3. The van der Waals surface area contributed by atoms with Crippen molar-refractivity contribution >= 4 is 29.1 Å². The number of nitrogens with zero attached hydrogens (tertiary/aromatic N) is 4. The molecule has 11 nitrogen and oxygen atoms in total. The summed E-state index contributed by atoms with van der Waals surface area (Å²) in [4.78, 5) is 44.6. The van der Waals surface area contributed by atoms with Crippen molar-refractivity contribution in [1.82, 2.24) is 19.6 Å². The summed E-state index contributed by atoms with van der Waals surface area (Å²) in [5.74, 6) is 2.01. The molecule has 0 aliphatic carbocycles. The van der Waals surface area contributed by atoms with E-state index in [1.165, 1.54) is 0 Å². The average Bonchev–Trinajstić information content (AvgIpc) is 3.15. The van der Waals surface area contributed by atoms with Crippen LogP contribution in [0.4, 0.5) is 11.4 Å². The average molecular weight is 723 g/mol. The molecule has 0 unspecified atom stereocenters. The Bertz CT molecular complexity index is 1280. The molecule has 0 bridgehead atoms. The molecule has 0 radical (unpaired) electrons. The first-order valence-corrected chi connectivity index (χ1v) is 19.7. The fraction of sp³-hybridized carbons (Fsp3) is 0.634. The van der Waals surface area contributed by atoms with Crippen molar-refractivity contribution in [3.05, 3.63) is 48.5 Å². The van der Waals surface area contributed by atoms with Gasteiger partial charge in [0.25, 0.3) is 0 Å². The van der Waals surface area contributed by atoms with E-state index in [0.717, 1.165) is 153 Å². The lowest BCUT2D eigenvalue weighted by Gasteiger charge is -2.34. The molecular formula is C41H66N6O5. The highest BCUT2D eigenvalue weighted by Gasteiger charge is 2.18. The van der Waals surface area contributed by atoms with Gasteiger partial charge in [0.2, 0.25) is 17.7 Å². The van der Waals surface area contributed by atoms with Gasteiger partial charge in [-0.05, 0) is 107 Å². The summed E-state index contributed by atoms with van der Waals surface area (Å²) in [5, 5.41) is 5.91. The van der Waals surface area contributed by atoms with Crippen LogP contribution in [-0.2, 0) is 14.4 Å². The van der Waals surface area contributed by atoms with Gasteiger partial charge in [0.15, 0.2) is 0 Å². The van der Waals surface area contributed by atoms with E-state index in [-0.39, 0.29) is 17.7 Å². The molecule has 2 aliphatic heterocycles. The number of benzene rings is 2. The number of hydrogen-bond acceptors (Lipinski definition) is 8. The third-order valence-corrected chi connectivity index (χ3v) is 9.48. The SMILES string of the molecule is CCCCOc1ccc(NC(=O)CCCCN2CCN(C(C)=O)CC2)cc1.CCCCOc1ccc(NC(=O)CCCCN2CCN(C)CC2)cc1. The Morgan fingerprint density at radius 1 is 0.577 bits per heavy atom. The van der Waals surface area contributed by atoms with Crippen molar-refractivity contribution in [2.24, 2.45) is 0 Å². The number of anilines is 2. The lowest BCUT2D eigenvalue weighted by molar-refractivity contribution is -0.130. The number of ether oxygens (including phenoxy) is 2. The van der Waals surface area contributed by atoms with Crippen molar-refractivity contribution < 1.29 is 23.9 Å². The third-order valence-electron chi connectivity index (χ3n) is 9.48. The van der Waals surface area contributed by atoms with Gasteiger partial charge in [-0.3, -0.25) is 19.3 Å². The molecule has 2 fully saturated rings.